The van der Waals surface area contributed by atoms with Gasteiger partial charge in [-0.3, -0.25) is 9.78 Å². The molecule has 1 aliphatic heterocycles. The van der Waals surface area contributed by atoms with E-state index in [1.54, 1.807) is 0 Å². The van der Waals surface area contributed by atoms with Gasteiger partial charge in [0.2, 0.25) is 0 Å². The number of rotatable bonds is 1. The number of benzene rings is 1. The Morgan fingerprint density at radius 1 is 1.14 bits per heavy atom. The van der Waals surface area contributed by atoms with E-state index in [9.17, 15) is 22.4 Å². The van der Waals surface area contributed by atoms with Crippen molar-refractivity contribution in [3.05, 3.63) is 59.2 Å². The van der Waals surface area contributed by atoms with Gasteiger partial charge in [0, 0.05) is 18.2 Å². The van der Waals surface area contributed by atoms with Gasteiger partial charge in [-0.05, 0) is 30.2 Å². The van der Waals surface area contributed by atoms with E-state index < -0.39 is 23.5 Å². The molecule has 0 fully saturated rings. The lowest BCUT2D eigenvalue weighted by atomic mass is 9.96. The lowest BCUT2D eigenvalue weighted by Gasteiger charge is -2.28. The first kappa shape index (κ1) is 14.5. The predicted octanol–water partition coefficient (Wildman–Crippen LogP) is 3.44. The minimum absolute atomic E-state index is 0.179. The summed E-state index contributed by atoms with van der Waals surface area (Å²) in [5, 5.41) is 0. The summed E-state index contributed by atoms with van der Waals surface area (Å²) in [6.45, 7) is 0.179. The van der Waals surface area contributed by atoms with E-state index in [1.807, 2.05) is 0 Å². The minimum Gasteiger partial charge on any atom is -0.306 e. The Morgan fingerprint density at radius 2 is 1.91 bits per heavy atom. The molecule has 3 nitrogen and oxygen atoms in total. The molecule has 7 heteroatoms. The van der Waals surface area contributed by atoms with Crippen molar-refractivity contribution in [2.75, 3.05) is 11.4 Å². The summed E-state index contributed by atoms with van der Waals surface area (Å²) in [6.07, 6.45) is -1.82. The van der Waals surface area contributed by atoms with E-state index in [0.29, 0.717) is 5.56 Å². The monoisotopic (exact) mass is 310 g/mol. The smallest absolute Gasteiger partial charge is 0.306 e. The molecule has 0 atom stereocenters. The highest BCUT2D eigenvalue weighted by molar-refractivity contribution is 6.08. The highest BCUT2D eigenvalue weighted by Gasteiger charge is 2.33. The Labute approximate surface area is 123 Å². The third-order valence-electron chi connectivity index (χ3n) is 3.51. The molecule has 1 amide bonds. The first-order chi connectivity index (χ1) is 10.4. The van der Waals surface area contributed by atoms with Gasteiger partial charge >= 0.3 is 6.18 Å². The lowest BCUT2D eigenvalue weighted by Crippen LogP contribution is -2.38. The fraction of sp³-hybridized carbons (Fsp3) is 0.200. The molecule has 1 aliphatic rings. The molecule has 0 saturated heterocycles. The number of carbonyl (C=O) groups is 1. The van der Waals surface area contributed by atoms with Gasteiger partial charge in [-0.2, -0.15) is 13.2 Å². The number of amides is 1. The van der Waals surface area contributed by atoms with Crippen LogP contribution in [0.1, 0.15) is 21.5 Å². The zero-order chi connectivity index (χ0) is 15.9. The summed E-state index contributed by atoms with van der Waals surface area (Å²) < 4.78 is 51.3. The predicted molar refractivity (Wildman–Crippen MR) is 71.0 cm³/mol. The second-order valence-electron chi connectivity index (χ2n) is 4.94. The van der Waals surface area contributed by atoms with Crippen LogP contribution in [0.15, 0.2) is 36.7 Å². The van der Waals surface area contributed by atoms with Crippen LogP contribution >= 0.6 is 0 Å². The second-order valence-corrected chi connectivity index (χ2v) is 4.94. The van der Waals surface area contributed by atoms with Gasteiger partial charge in [0.05, 0.1) is 23.6 Å². The van der Waals surface area contributed by atoms with E-state index in [4.69, 9.17) is 0 Å². The number of pyridine rings is 1. The van der Waals surface area contributed by atoms with Crippen molar-refractivity contribution in [1.82, 2.24) is 4.98 Å². The van der Waals surface area contributed by atoms with Crippen LogP contribution in [0.3, 0.4) is 0 Å². The number of carbonyl (C=O) groups excluding carboxylic acids is 1. The van der Waals surface area contributed by atoms with Crippen molar-refractivity contribution >= 4 is 11.6 Å². The molecular formula is C15H10F4N2O. The number of anilines is 1. The molecule has 1 aromatic heterocycles. The molecule has 22 heavy (non-hydrogen) atoms. The number of halogens is 4. The standard InChI is InChI=1S/C15H10F4N2O/c16-11-6-12(8-20-7-11)21-4-3-9-5-10(15(17,18)19)1-2-13(9)14(21)22/h1-2,5-8H,3-4H2. The summed E-state index contributed by atoms with van der Waals surface area (Å²) in [5.74, 6) is -1.04. The first-order valence-electron chi connectivity index (χ1n) is 6.49. The number of alkyl halides is 3. The molecule has 2 heterocycles. The number of nitrogens with zero attached hydrogens (tertiary/aromatic N) is 2. The Hall–Kier alpha value is -2.44. The van der Waals surface area contributed by atoms with E-state index in [2.05, 4.69) is 4.98 Å². The van der Waals surface area contributed by atoms with Crippen LogP contribution in [0.2, 0.25) is 0 Å². The summed E-state index contributed by atoms with van der Waals surface area (Å²) in [5.41, 5.74) is 0.0550. The molecule has 114 valence electrons. The van der Waals surface area contributed by atoms with Crippen LogP contribution in [0.25, 0.3) is 0 Å². The van der Waals surface area contributed by atoms with Crippen LogP contribution in [-0.2, 0) is 12.6 Å². The van der Waals surface area contributed by atoms with Crippen molar-refractivity contribution < 1.29 is 22.4 Å². The van der Waals surface area contributed by atoms with Crippen molar-refractivity contribution in [2.45, 2.75) is 12.6 Å². The SMILES string of the molecule is O=C1c2ccc(C(F)(F)F)cc2CCN1c1cncc(F)c1. The Kier molecular flexibility index (Phi) is 3.35. The highest BCUT2D eigenvalue weighted by Crippen LogP contribution is 2.32. The largest absolute Gasteiger partial charge is 0.416 e. The molecule has 0 aliphatic carbocycles. The fourth-order valence-corrected chi connectivity index (χ4v) is 2.46. The fourth-order valence-electron chi connectivity index (χ4n) is 2.46. The van der Waals surface area contributed by atoms with E-state index in [0.717, 1.165) is 18.3 Å². The van der Waals surface area contributed by atoms with Crippen molar-refractivity contribution in [2.24, 2.45) is 0 Å². The maximum Gasteiger partial charge on any atom is 0.416 e. The molecule has 0 spiro atoms. The van der Waals surface area contributed by atoms with E-state index in [-0.39, 0.29) is 24.2 Å². The zero-order valence-corrected chi connectivity index (χ0v) is 11.2. The average molecular weight is 310 g/mol. The first-order valence-corrected chi connectivity index (χ1v) is 6.49. The number of aromatic nitrogens is 1. The molecule has 0 bridgehead atoms. The van der Waals surface area contributed by atoms with Gasteiger partial charge in [0.15, 0.2) is 0 Å². The van der Waals surface area contributed by atoms with Gasteiger partial charge < -0.3 is 4.90 Å². The maximum absolute atomic E-state index is 13.2. The van der Waals surface area contributed by atoms with Crippen LogP contribution in [0.4, 0.5) is 23.2 Å². The molecule has 2 aromatic rings. The Bertz CT molecular complexity index is 743. The third-order valence-corrected chi connectivity index (χ3v) is 3.51. The van der Waals surface area contributed by atoms with Gasteiger partial charge in [-0.15, -0.1) is 0 Å². The lowest BCUT2D eigenvalue weighted by molar-refractivity contribution is -0.137. The van der Waals surface area contributed by atoms with Crippen LogP contribution in [-0.4, -0.2) is 17.4 Å². The third kappa shape index (κ3) is 2.54. The minimum atomic E-state index is -4.44. The van der Waals surface area contributed by atoms with Gasteiger partial charge in [0.1, 0.15) is 5.82 Å². The average Bonchev–Trinajstić information content (AvgIpc) is 2.46. The van der Waals surface area contributed by atoms with E-state index in [1.165, 1.54) is 23.2 Å². The van der Waals surface area contributed by atoms with Crippen LogP contribution in [0, 0.1) is 5.82 Å². The summed E-state index contributed by atoms with van der Waals surface area (Å²) in [4.78, 5) is 17.4. The van der Waals surface area contributed by atoms with Crippen LogP contribution < -0.4 is 4.90 Å². The summed E-state index contributed by atoms with van der Waals surface area (Å²) in [6, 6.07) is 4.21. The van der Waals surface area contributed by atoms with Gasteiger partial charge in [-0.25, -0.2) is 4.39 Å². The second kappa shape index (κ2) is 5.08. The van der Waals surface area contributed by atoms with E-state index >= 15 is 0 Å². The molecule has 0 N–H and O–H groups in total. The number of hydrogen-bond donors (Lipinski definition) is 0. The molecule has 3 rings (SSSR count). The molecule has 0 saturated carbocycles. The molecule has 0 unspecified atom stereocenters. The van der Waals surface area contributed by atoms with Crippen molar-refractivity contribution in [3.8, 4) is 0 Å². The Morgan fingerprint density at radius 3 is 2.59 bits per heavy atom. The topological polar surface area (TPSA) is 33.2 Å². The highest BCUT2D eigenvalue weighted by atomic mass is 19.4. The van der Waals surface area contributed by atoms with Crippen molar-refractivity contribution in [1.29, 1.82) is 0 Å². The molecule has 0 radical (unpaired) electrons. The van der Waals surface area contributed by atoms with Gasteiger partial charge in [-0.1, -0.05) is 0 Å². The van der Waals surface area contributed by atoms with Gasteiger partial charge in [0.25, 0.3) is 5.91 Å². The van der Waals surface area contributed by atoms with Crippen molar-refractivity contribution in [3.63, 3.8) is 0 Å². The zero-order valence-electron chi connectivity index (χ0n) is 11.2. The summed E-state index contributed by atoms with van der Waals surface area (Å²) in [7, 11) is 0. The Balaban J connectivity index is 1.97. The molecular weight excluding hydrogens is 300 g/mol. The summed E-state index contributed by atoms with van der Waals surface area (Å²) >= 11 is 0. The van der Waals surface area contributed by atoms with Crippen LogP contribution in [0.5, 0.6) is 0 Å². The normalized spacial score (nSPS) is 14.9. The maximum atomic E-state index is 13.2. The molecule has 1 aromatic carbocycles. The number of hydrogen-bond acceptors (Lipinski definition) is 2. The quantitative estimate of drug-likeness (QED) is 0.756. The number of fused-ring (bicyclic) bond motifs is 1.